The van der Waals surface area contributed by atoms with Crippen LogP contribution in [0.2, 0.25) is 0 Å². The van der Waals surface area contributed by atoms with Gasteiger partial charge in [-0.05, 0) is 50.5 Å². The summed E-state index contributed by atoms with van der Waals surface area (Å²) in [6.07, 6.45) is 0.533. The number of sulfonamides is 1. The maximum atomic E-state index is 12.7. The highest BCUT2D eigenvalue weighted by Crippen LogP contribution is 2.27. The summed E-state index contributed by atoms with van der Waals surface area (Å²) >= 11 is 0. The molecule has 2 atom stereocenters. The molecule has 116 valence electrons. The van der Waals surface area contributed by atoms with Crippen LogP contribution in [0.1, 0.15) is 35.7 Å². The molecule has 7 heteroatoms. The van der Waals surface area contributed by atoms with E-state index in [0.717, 1.165) is 0 Å². The maximum Gasteiger partial charge on any atom is 0.335 e. The Balaban J connectivity index is 2.41. The van der Waals surface area contributed by atoms with Crippen molar-refractivity contribution in [2.45, 2.75) is 43.7 Å². The molecule has 0 aliphatic carbocycles. The summed E-state index contributed by atoms with van der Waals surface area (Å²) in [6.45, 7) is 3.46. The molecular weight excluding hydrogens is 294 g/mol. The van der Waals surface area contributed by atoms with E-state index in [1.165, 1.54) is 22.5 Å². The number of carbonyl (C=O) groups is 1. The average Bonchev–Trinajstić information content (AvgIpc) is 2.40. The zero-order valence-corrected chi connectivity index (χ0v) is 12.8. The van der Waals surface area contributed by atoms with Crippen molar-refractivity contribution < 1.29 is 23.4 Å². The zero-order chi connectivity index (χ0) is 15.8. The molecule has 6 nitrogen and oxygen atoms in total. The number of piperidine rings is 1. The number of carboxylic acid groups (broad SMARTS) is 1. The van der Waals surface area contributed by atoms with Crippen molar-refractivity contribution in [1.29, 1.82) is 0 Å². The molecule has 0 aromatic heterocycles. The van der Waals surface area contributed by atoms with Gasteiger partial charge in [0, 0.05) is 12.6 Å². The van der Waals surface area contributed by atoms with Gasteiger partial charge in [0.2, 0.25) is 10.0 Å². The number of aryl methyl sites for hydroxylation is 1. The van der Waals surface area contributed by atoms with Gasteiger partial charge in [0.05, 0.1) is 16.6 Å². The summed E-state index contributed by atoms with van der Waals surface area (Å²) in [5.74, 6) is -1.09. The number of aliphatic hydroxyl groups is 1. The highest BCUT2D eigenvalue weighted by Gasteiger charge is 2.35. The van der Waals surface area contributed by atoms with E-state index in [9.17, 15) is 18.3 Å². The number of carboxylic acids is 1. The second-order valence-corrected chi connectivity index (χ2v) is 7.30. The van der Waals surface area contributed by atoms with Gasteiger partial charge in [-0.25, -0.2) is 13.2 Å². The van der Waals surface area contributed by atoms with E-state index in [1.807, 2.05) is 6.92 Å². The molecule has 0 unspecified atom stereocenters. The van der Waals surface area contributed by atoms with Crippen LogP contribution >= 0.6 is 0 Å². The molecule has 1 fully saturated rings. The van der Waals surface area contributed by atoms with E-state index in [0.29, 0.717) is 18.4 Å². The molecular formula is C14H19NO5S. The summed E-state index contributed by atoms with van der Waals surface area (Å²) in [7, 11) is -3.74. The van der Waals surface area contributed by atoms with Crippen molar-refractivity contribution in [3.05, 3.63) is 29.3 Å². The lowest BCUT2D eigenvalue weighted by Gasteiger charge is -2.35. The Bertz CT molecular complexity index is 655. The van der Waals surface area contributed by atoms with Gasteiger partial charge in [-0.1, -0.05) is 0 Å². The smallest absolute Gasteiger partial charge is 0.335 e. The Morgan fingerprint density at radius 1 is 1.33 bits per heavy atom. The van der Waals surface area contributed by atoms with E-state index in [-0.39, 0.29) is 23.0 Å². The Kier molecular flexibility index (Phi) is 4.36. The van der Waals surface area contributed by atoms with Crippen LogP contribution < -0.4 is 0 Å². The van der Waals surface area contributed by atoms with E-state index in [4.69, 9.17) is 5.11 Å². The third-order valence-corrected chi connectivity index (χ3v) is 5.95. The van der Waals surface area contributed by atoms with Crippen LogP contribution in [0.15, 0.2) is 23.1 Å². The number of hydrogen-bond acceptors (Lipinski definition) is 4. The molecule has 1 aromatic carbocycles. The van der Waals surface area contributed by atoms with E-state index >= 15 is 0 Å². The Morgan fingerprint density at radius 3 is 2.57 bits per heavy atom. The first-order chi connectivity index (χ1) is 9.73. The van der Waals surface area contributed by atoms with Crippen LogP contribution in [-0.4, -0.2) is 47.6 Å². The highest BCUT2D eigenvalue weighted by molar-refractivity contribution is 7.89. The first-order valence-corrected chi connectivity index (χ1v) is 8.21. The van der Waals surface area contributed by atoms with Crippen LogP contribution in [0.5, 0.6) is 0 Å². The summed E-state index contributed by atoms with van der Waals surface area (Å²) in [5.41, 5.74) is 0.445. The summed E-state index contributed by atoms with van der Waals surface area (Å²) < 4.78 is 26.7. The third-order valence-electron chi connectivity index (χ3n) is 3.81. The molecule has 1 heterocycles. The minimum atomic E-state index is -3.74. The van der Waals surface area contributed by atoms with Crippen LogP contribution in [0.3, 0.4) is 0 Å². The maximum absolute atomic E-state index is 12.7. The van der Waals surface area contributed by atoms with Crippen LogP contribution in [-0.2, 0) is 10.0 Å². The fourth-order valence-corrected chi connectivity index (χ4v) is 4.50. The second kappa shape index (κ2) is 5.75. The lowest BCUT2D eigenvalue weighted by molar-refractivity contribution is 0.0696. The minimum absolute atomic E-state index is 0.0539. The quantitative estimate of drug-likeness (QED) is 0.875. The molecule has 0 amide bonds. The van der Waals surface area contributed by atoms with Gasteiger partial charge in [0.15, 0.2) is 0 Å². The molecule has 0 bridgehead atoms. The molecule has 1 saturated heterocycles. The van der Waals surface area contributed by atoms with Gasteiger partial charge in [-0.3, -0.25) is 0 Å². The minimum Gasteiger partial charge on any atom is -0.478 e. The van der Waals surface area contributed by atoms with E-state index in [2.05, 4.69) is 0 Å². The number of hydrogen-bond donors (Lipinski definition) is 2. The zero-order valence-electron chi connectivity index (χ0n) is 12.0. The van der Waals surface area contributed by atoms with Crippen molar-refractivity contribution in [2.24, 2.45) is 0 Å². The number of rotatable bonds is 3. The lowest BCUT2D eigenvalue weighted by atomic mass is 10.0. The molecule has 2 N–H and O–H groups in total. The van der Waals surface area contributed by atoms with Gasteiger partial charge in [0.25, 0.3) is 0 Å². The van der Waals surface area contributed by atoms with Crippen molar-refractivity contribution in [2.75, 3.05) is 6.54 Å². The fraction of sp³-hybridized carbons (Fsp3) is 0.500. The third kappa shape index (κ3) is 3.09. The Labute approximate surface area is 124 Å². The van der Waals surface area contributed by atoms with Crippen LogP contribution in [0.4, 0.5) is 0 Å². The molecule has 0 saturated carbocycles. The fourth-order valence-electron chi connectivity index (χ4n) is 2.59. The molecule has 0 radical (unpaired) electrons. The summed E-state index contributed by atoms with van der Waals surface area (Å²) in [5, 5.41) is 18.6. The first-order valence-electron chi connectivity index (χ1n) is 6.77. The molecule has 21 heavy (non-hydrogen) atoms. The molecule has 0 spiro atoms. The molecule has 1 aliphatic heterocycles. The Hall–Kier alpha value is -1.44. The average molecular weight is 313 g/mol. The first kappa shape index (κ1) is 15.9. The SMILES string of the molecule is Cc1cc(C(=O)O)ccc1S(=O)(=O)N1C[C@H](O)CC[C@H]1C. The van der Waals surface area contributed by atoms with Gasteiger partial charge in [-0.2, -0.15) is 4.31 Å². The monoisotopic (exact) mass is 313 g/mol. The van der Waals surface area contributed by atoms with Crippen molar-refractivity contribution in [3.8, 4) is 0 Å². The van der Waals surface area contributed by atoms with Gasteiger partial charge >= 0.3 is 5.97 Å². The van der Waals surface area contributed by atoms with Crippen LogP contribution in [0, 0.1) is 6.92 Å². The normalized spacial score (nSPS) is 24.0. The van der Waals surface area contributed by atoms with Crippen molar-refractivity contribution in [1.82, 2.24) is 4.31 Å². The van der Waals surface area contributed by atoms with Crippen molar-refractivity contribution >= 4 is 16.0 Å². The summed E-state index contributed by atoms with van der Waals surface area (Å²) in [4.78, 5) is 11.0. The lowest BCUT2D eigenvalue weighted by Crippen LogP contribution is -2.47. The number of nitrogens with zero attached hydrogens (tertiary/aromatic N) is 1. The van der Waals surface area contributed by atoms with Crippen LogP contribution in [0.25, 0.3) is 0 Å². The predicted octanol–water partition coefficient (Wildman–Crippen LogP) is 1.23. The van der Waals surface area contributed by atoms with Gasteiger partial charge < -0.3 is 10.2 Å². The topological polar surface area (TPSA) is 94.9 Å². The van der Waals surface area contributed by atoms with E-state index in [1.54, 1.807) is 6.92 Å². The van der Waals surface area contributed by atoms with Crippen molar-refractivity contribution in [3.63, 3.8) is 0 Å². The molecule has 1 aliphatic rings. The largest absolute Gasteiger partial charge is 0.478 e. The standard InChI is InChI=1S/C14H19NO5S/c1-9-7-11(14(17)18)4-6-13(9)21(19,20)15-8-12(16)5-3-10(15)2/h4,6-7,10,12,16H,3,5,8H2,1-2H3,(H,17,18)/t10-,12-/m1/s1. The predicted molar refractivity (Wildman–Crippen MR) is 76.7 cm³/mol. The van der Waals surface area contributed by atoms with E-state index < -0.39 is 22.1 Å². The number of aliphatic hydroxyl groups excluding tert-OH is 1. The summed E-state index contributed by atoms with van der Waals surface area (Å²) in [6, 6.07) is 3.77. The number of aromatic carboxylic acids is 1. The van der Waals surface area contributed by atoms with Gasteiger partial charge in [-0.15, -0.1) is 0 Å². The second-order valence-electron chi connectivity index (χ2n) is 5.44. The Morgan fingerprint density at radius 2 is 2.00 bits per heavy atom. The molecule has 1 aromatic rings. The molecule has 2 rings (SSSR count). The number of benzene rings is 1. The highest BCUT2D eigenvalue weighted by atomic mass is 32.2. The number of β-amino-alcohol motifs (C(OH)–C–C–N with tert-alkyl or cyclic N) is 1. The van der Waals surface area contributed by atoms with Gasteiger partial charge in [0.1, 0.15) is 0 Å².